The number of hydrogen-bond acceptors (Lipinski definition) is 3. The molecule has 2 unspecified atom stereocenters. The van der Waals surface area contributed by atoms with Gasteiger partial charge in [-0.05, 0) is 25.8 Å². The molecule has 2 atom stereocenters. The van der Waals surface area contributed by atoms with Crippen LogP contribution in [-0.2, 0) is 9.47 Å². The zero-order chi connectivity index (χ0) is 18.8. The van der Waals surface area contributed by atoms with E-state index in [-0.39, 0.29) is 0 Å². The number of aliphatic imine (C=N–C) groups is 1. The van der Waals surface area contributed by atoms with Crippen LogP contribution >= 0.6 is 0 Å². The van der Waals surface area contributed by atoms with Gasteiger partial charge in [0.2, 0.25) is 0 Å². The van der Waals surface area contributed by atoms with Gasteiger partial charge in [-0.1, -0.05) is 36.8 Å². The quantitative estimate of drug-likeness (QED) is 0.417. The number of ether oxygens (including phenoxy) is 2. The van der Waals surface area contributed by atoms with Gasteiger partial charge in [-0.2, -0.15) is 0 Å². The fourth-order valence-corrected chi connectivity index (χ4v) is 3.20. The summed E-state index contributed by atoms with van der Waals surface area (Å²) in [6.07, 6.45) is 1.16. The molecule has 1 saturated heterocycles. The van der Waals surface area contributed by atoms with E-state index in [0.717, 1.165) is 45.2 Å². The molecule has 0 spiro atoms. The number of guanidine groups is 1. The van der Waals surface area contributed by atoms with Gasteiger partial charge in [0.25, 0.3) is 0 Å². The summed E-state index contributed by atoms with van der Waals surface area (Å²) in [7, 11) is 1.71. The van der Waals surface area contributed by atoms with E-state index in [9.17, 15) is 0 Å². The standard InChI is InChI=1S/C21H35N3O2/c1-5-22-21(23-14-18(3)20-8-6-17(2)7-9-20)24-11-10-19(15-24)16-26-13-12-25-4/h6-9,18-19H,5,10-16H2,1-4H3,(H,22,23). The predicted octanol–water partition coefficient (Wildman–Crippen LogP) is 3.05. The van der Waals surface area contributed by atoms with Crippen molar-refractivity contribution in [1.29, 1.82) is 0 Å². The Balaban J connectivity index is 1.87. The Morgan fingerprint density at radius 2 is 2.08 bits per heavy atom. The molecule has 0 radical (unpaired) electrons. The highest BCUT2D eigenvalue weighted by molar-refractivity contribution is 5.80. The Hall–Kier alpha value is -1.59. The van der Waals surface area contributed by atoms with Gasteiger partial charge in [-0.15, -0.1) is 0 Å². The first-order chi connectivity index (χ1) is 12.6. The lowest BCUT2D eigenvalue weighted by molar-refractivity contribution is 0.0536. The second-order valence-corrected chi connectivity index (χ2v) is 7.17. The van der Waals surface area contributed by atoms with Crippen molar-refractivity contribution in [3.63, 3.8) is 0 Å². The first kappa shape index (κ1) is 20.7. The van der Waals surface area contributed by atoms with Crippen LogP contribution in [0.1, 0.15) is 37.3 Å². The van der Waals surface area contributed by atoms with Crippen LogP contribution < -0.4 is 5.32 Å². The fourth-order valence-electron chi connectivity index (χ4n) is 3.20. The van der Waals surface area contributed by atoms with Crippen molar-refractivity contribution in [2.24, 2.45) is 10.9 Å². The van der Waals surface area contributed by atoms with Crippen LogP contribution in [0.15, 0.2) is 29.3 Å². The fraction of sp³-hybridized carbons (Fsp3) is 0.667. The monoisotopic (exact) mass is 361 g/mol. The average molecular weight is 362 g/mol. The topological polar surface area (TPSA) is 46.1 Å². The third-order valence-electron chi connectivity index (χ3n) is 4.87. The molecule has 5 heteroatoms. The van der Waals surface area contributed by atoms with Gasteiger partial charge in [0.1, 0.15) is 0 Å². The first-order valence-corrected chi connectivity index (χ1v) is 9.80. The van der Waals surface area contributed by atoms with E-state index < -0.39 is 0 Å². The van der Waals surface area contributed by atoms with Gasteiger partial charge in [0, 0.05) is 45.1 Å². The number of aryl methyl sites for hydroxylation is 1. The van der Waals surface area contributed by atoms with Gasteiger partial charge in [0.15, 0.2) is 5.96 Å². The maximum Gasteiger partial charge on any atom is 0.193 e. The van der Waals surface area contributed by atoms with E-state index in [0.29, 0.717) is 25.0 Å². The normalized spacial score (nSPS) is 19.0. The van der Waals surface area contributed by atoms with Crippen molar-refractivity contribution in [3.8, 4) is 0 Å². The van der Waals surface area contributed by atoms with Crippen molar-refractivity contribution in [1.82, 2.24) is 10.2 Å². The minimum Gasteiger partial charge on any atom is -0.382 e. The van der Waals surface area contributed by atoms with Crippen molar-refractivity contribution in [2.75, 3.05) is 53.1 Å². The van der Waals surface area contributed by atoms with Gasteiger partial charge in [-0.3, -0.25) is 4.99 Å². The van der Waals surface area contributed by atoms with Crippen LogP contribution in [0, 0.1) is 12.8 Å². The molecule has 1 aliphatic heterocycles. The minimum atomic E-state index is 0.417. The van der Waals surface area contributed by atoms with E-state index in [1.165, 1.54) is 11.1 Å². The molecule has 26 heavy (non-hydrogen) atoms. The molecule has 1 heterocycles. The highest BCUT2D eigenvalue weighted by Gasteiger charge is 2.25. The Morgan fingerprint density at radius 3 is 2.77 bits per heavy atom. The lowest BCUT2D eigenvalue weighted by atomic mass is 10.0. The van der Waals surface area contributed by atoms with Gasteiger partial charge < -0.3 is 19.7 Å². The van der Waals surface area contributed by atoms with Crippen LogP contribution in [0.25, 0.3) is 0 Å². The van der Waals surface area contributed by atoms with Crippen molar-refractivity contribution >= 4 is 5.96 Å². The molecular weight excluding hydrogens is 326 g/mol. The summed E-state index contributed by atoms with van der Waals surface area (Å²) in [5, 5.41) is 3.45. The summed E-state index contributed by atoms with van der Waals surface area (Å²) in [6, 6.07) is 8.78. The molecule has 0 aliphatic carbocycles. The largest absolute Gasteiger partial charge is 0.382 e. The molecule has 1 N–H and O–H groups in total. The molecule has 1 fully saturated rings. The number of benzene rings is 1. The van der Waals surface area contributed by atoms with Crippen molar-refractivity contribution in [2.45, 2.75) is 33.1 Å². The number of methoxy groups -OCH3 is 1. The summed E-state index contributed by atoms with van der Waals surface area (Å²) in [6.45, 7) is 12.4. The maximum absolute atomic E-state index is 5.70. The van der Waals surface area contributed by atoms with E-state index in [4.69, 9.17) is 14.5 Å². The third kappa shape index (κ3) is 6.61. The van der Waals surface area contributed by atoms with E-state index >= 15 is 0 Å². The lowest BCUT2D eigenvalue weighted by Gasteiger charge is -2.22. The van der Waals surface area contributed by atoms with Crippen LogP contribution in [0.5, 0.6) is 0 Å². The average Bonchev–Trinajstić information content (AvgIpc) is 3.11. The first-order valence-electron chi connectivity index (χ1n) is 9.80. The summed E-state index contributed by atoms with van der Waals surface area (Å²) < 4.78 is 10.7. The van der Waals surface area contributed by atoms with Crippen LogP contribution in [0.3, 0.4) is 0 Å². The second kappa shape index (κ2) is 11.2. The van der Waals surface area contributed by atoms with Gasteiger partial charge in [0.05, 0.1) is 19.8 Å². The zero-order valence-corrected chi connectivity index (χ0v) is 16.8. The molecule has 0 amide bonds. The molecular formula is C21H35N3O2. The molecule has 146 valence electrons. The molecule has 1 aromatic rings. The summed E-state index contributed by atoms with van der Waals surface area (Å²) >= 11 is 0. The SMILES string of the molecule is CCNC(=NCC(C)c1ccc(C)cc1)N1CCC(COCCOC)C1. The van der Waals surface area contributed by atoms with Crippen molar-refractivity contribution < 1.29 is 9.47 Å². The van der Waals surface area contributed by atoms with E-state index in [1.54, 1.807) is 7.11 Å². The molecule has 5 nitrogen and oxygen atoms in total. The van der Waals surface area contributed by atoms with Gasteiger partial charge >= 0.3 is 0 Å². The molecule has 1 aromatic carbocycles. The number of likely N-dealkylation sites (tertiary alicyclic amines) is 1. The number of rotatable bonds is 9. The number of nitrogens with zero attached hydrogens (tertiary/aromatic N) is 2. The highest BCUT2D eigenvalue weighted by Crippen LogP contribution is 2.19. The van der Waals surface area contributed by atoms with Crippen molar-refractivity contribution in [3.05, 3.63) is 35.4 Å². The lowest BCUT2D eigenvalue weighted by Crippen LogP contribution is -2.40. The highest BCUT2D eigenvalue weighted by atomic mass is 16.5. The summed E-state index contributed by atoms with van der Waals surface area (Å²) in [5.74, 6) is 2.02. The summed E-state index contributed by atoms with van der Waals surface area (Å²) in [5.41, 5.74) is 2.65. The van der Waals surface area contributed by atoms with E-state index in [1.807, 2.05) is 0 Å². The Labute approximate surface area is 158 Å². The van der Waals surface area contributed by atoms with E-state index in [2.05, 4.69) is 55.3 Å². The molecule has 0 saturated carbocycles. The smallest absolute Gasteiger partial charge is 0.193 e. The number of hydrogen-bond donors (Lipinski definition) is 1. The van der Waals surface area contributed by atoms with Crippen LogP contribution in [-0.4, -0.2) is 64.0 Å². The molecule has 1 aliphatic rings. The molecule has 0 bridgehead atoms. The zero-order valence-electron chi connectivity index (χ0n) is 16.8. The minimum absolute atomic E-state index is 0.417. The Morgan fingerprint density at radius 1 is 1.31 bits per heavy atom. The number of nitrogens with one attached hydrogen (secondary N) is 1. The Kier molecular flexibility index (Phi) is 8.92. The van der Waals surface area contributed by atoms with Crippen LogP contribution in [0.4, 0.5) is 0 Å². The summed E-state index contributed by atoms with van der Waals surface area (Å²) in [4.78, 5) is 7.28. The predicted molar refractivity (Wildman–Crippen MR) is 108 cm³/mol. The van der Waals surface area contributed by atoms with Gasteiger partial charge in [-0.25, -0.2) is 0 Å². The molecule has 0 aromatic heterocycles. The maximum atomic E-state index is 5.70. The Bertz CT molecular complexity index is 545. The molecule has 2 rings (SSSR count). The second-order valence-electron chi connectivity index (χ2n) is 7.17. The third-order valence-corrected chi connectivity index (χ3v) is 4.87. The van der Waals surface area contributed by atoms with Crippen LogP contribution in [0.2, 0.25) is 0 Å².